The molecule has 3 rings (SSSR count). The van der Waals surface area contributed by atoms with Crippen LogP contribution in [0.25, 0.3) is 0 Å². The monoisotopic (exact) mass is 336 g/mol. The Morgan fingerprint density at radius 1 is 1.39 bits per heavy atom. The molecule has 0 unspecified atom stereocenters. The Bertz CT molecular complexity index is 716. The van der Waals surface area contributed by atoms with Crippen LogP contribution in [0.3, 0.4) is 0 Å². The topological polar surface area (TPSA) is 66.5 Å². The molecule has 1 spiro atoms. The minimum Gasteiger partial charge on any atom is -0.338 e. The first kappa shape index (κ1) is 16.3. The maximum absolute atomic E-state index is 12.1. The highest BCUT2D eigenvalue weighted by molar-refractivity contribution is 7.90. The molecule has 0 radical (unpaired) electrons. The molecule has 0 bridgehead atoms. The molecule has 2 atom stereocenters. The Morgan fingerprint density at radius 2 is 2.13 bits per heavy atom. The number of nitrogens with zero attached hydrogens (tertiary/aromatic N) is 1. The molecule has 23 heavy (non-hydrogen) atoms. The summed E-state index contributed by atoms with van der Waals surface area (Å²) >= 11 is 0. The average Bonchev–Trinajstić information content (AvgIpc) is 3.09. The van der Waals surface area contributed by atoms with Crippen LogP contribution in [-0.4, -0.2) is 51.5 Å². The number of sulfone groups is 1. The van der Waals surface area contributed by atoms with Gasteiger partial charge in [0.1, 0.15) is 9.84 Å². The van der Waals surface area contributed by atoms with Crippen molar-refractivity contribution in [3.8, 4) is 0 Å². The van der Waals surface area contributed by atoms with Gasteiger partial charge in [0.15, 0.2) is 0 Å². The summed E-state index contributed by atoms with van der Waals surface area (Å²) in [7, 11) is -1.41. The Balaban J connectivity index is 1.50. The number of carbonyl (C=O) groups is 1. The summed E-state index contributed by atoms with van der Waals surface area (Å²) in [4.78, 5) is 13.5. The van der Waals surface area contributed by atoms with E-state index in [1.165, 1.54) is 28.7 Å². The predicted molar refractivity (Wildman–Crippen MR) is 90.3 cm³/mol. The number of benzene rings is 1. The molecule has 0 heterocycles. The largest absolute Gasteiger partial charge is 0.338 e. The maximum atomic E-state index is 12.1. The van der Waals surface area contributed by atoms with E-state index in [1.807, 2.05) is 0 Å². The second-order valence-electron chi connectivity index (χ2n) is 6.95. The highest BCUT2D eigenvalue weighted by Gasteiger charge is 2.57. The molecule has 126 valence electrons. The van der Waals surface area contributed by atoms with Crippen LogP contribution < -0.4 is 5.32 Å². The summed E-state index contributed by atoms with van der Waals surface area (Å²) in [5.41, 5.74) is 3.19. The third-order valence-electron chi connectivity index (χ3n) is 5.27. The van der Waals surface area contributed by atoms with E-state index in [1.54, 1.807) is 7.05 Å². The van der Waals surface area contributed by atoms with Gasteiger partial charge in [0.25, 0.3) is 0 Å². The smallest absolute Gasteiger partial charge is 0.317 e. The molecule has 2 aliphatic carbocycles. The average molecular weight is 336 g/mol. The van der Waals surface area contributed by atoms with Crippen molar-refractivity contribution in [2.75, 3.05) is 32.1 Å². The lowest BCUT2D eigenvalue weighted by Gasteiger charge is -2.18. The van der Waals surface area contributed by atoms with Gasteiger partial charge in [0.05, 0.1) is 5.75 Å². The molecule has 1 aromatic carbocycles. The van der Waals surface area contributed by atoms with Gasteiger partial charge in [-0.3, -0.25) is 0 Å². The second kappa shape index (κ2) is 5.82. The van der Waals surface area contributed by atoms with Crippen molar-refractivity contribution in [3.05, 3.63) is 35.4 Å². The van der Waals surface area contributed by atoms with E-state index in [-0.39, 0.29) is 23.7 Å². The SMILES string of the molecule is CN(CCS(C)(=O)=O)C(=O)NC[C@@H]1C[C@@]12CCc1ccccc12. The van der Waals surface area contributed by atoms with Gasteiger partial charge >= 0.3 is 6.03 Å². The van der Waals surface area contributed by atoms with E-state index < -0.39 is 9.84 Å². The van der Waals surface area contributed by atoms with Crippen molar-refractivity contribution in [2.24, 2.45) is 5.92 Å². The second-order valence-corrected chi connectivity index (χ2v) is 9.21. The lowest BCUT2D eigenvalue weighted by Crippen LogP contribution is -2.40. The number of fused-ring (bicyclic) bond motifs is 2. The van der Waals surface area contributed by atoms with Crippen LogP contribution in [0.1, 0.15) is 24.0 Å². The van der Waals surface area contributed by atoms with Gasteiger partial charge in [-0.1, -0.05) is 24.3 Å². The first-order chi connectivity index (χ1) is 10.8. The van der Waals surface area contributed by atoms with Crippen LogP contribution in [0.15, 0.2) is 24.3 Å². The minimum atomic E-state index is -3.04. The molecule has 5 nitrogen and oxygen atoms in total. The van der Waals surface area contributed by atoms with E-state index in [2.05, 4.69) is 29.6 Å². The first-order valence-corrected chi connectivity index (χ1v) is 10.1. The fourth-order valence-corrected chi connectivity index (χ4v) is 4.36. The van der Waals surface area contributed by atoms with Crippen molar-refractivity contribution in [1.82, 2.24) is 10.2 Å². The lowest BCUT2D eigenvalue weighted by molar-refractivity contribution is 0.210. The van der Waals surface area contributed by atoms with Crippen LogP contribution >= 0.6 is 0 Å². The quantitative estimate of drug-likeness (QED) is 0.888. The lowest BCUT2D eigenvalue weighted by atomic mass is 9.95. The normalized spacial score (nSPS) is 25.2. The molecule has 6 heteroatoms. The van der Waals surface area contributed by atoms with Gasteiger partial charge in [-0.15, -0.1) is 0 Å². The summed E-state index contributed by atoms with van der Waals surface area (Å²) in [6.07, 6.45) is 4.63. The van der Waals surface area contributed by atoms with Gasteiger partial charge in [-0.25, -0.2) is 13.2 Å². The van der Waals surface area contributed by atoms with E-state index >= 15 is 0 Å². The van der Waals surface area contributed by atoms with E-state index in [9.17, 15) is 13.2 Å². The number of aryl methyl sites for hydroxylation is 1. The van der Waals surface area contributed by atoms with Crippen molar-refractivity contribution in [3.63, 3.8) is 0 Å². The maximum Gasteiger partial charge on any atom is 0.317 e. The minimum absolute atomic E-state index is 0.00232. The van der Waals surface area contributed by atoms with Crippen molar-refractivity contribution >= 4 is 15.9 Å². The van der Waals surface area contributed by atoms with Crippen LogP contribution in [0.2, 0.25) is 0 Å². The van der Waals surface area contributed by atoms with Gasteiger partial charge in [0.2, 0.25) is 0 Å². The van der Waals surface area contributed by atoms with Crippen molar-refractivity contribution in [2.45, 2.75) is 24.7 Å². The van der Waals surface area contributed by atoms with Crippen LogP contribution in [0.5, 0.6) is 0 Å². The molecule has 0 aliphatic heterocycles. The molecule has 2 amide bonds. The summed E-state index contributed by atoms with van der Waals surface area (Å²) < 4.78 is 22.3. The zero-order valence-corrected chi connectivity index (χ0v) is 14.5. The van der Waals surface area contributed by atoms with Gasteiger partial charge in [-0.2, -0.15) is 0 Å². The zero-order valence-electron chi connectivity index (χ0n) is 13.7. The molecular weight excluding hydrogens is 312 g/mol. The zero-order chi connectivity index (χ0) is 16.7. The number of hydrogen-bond donors (Lipinski definition) is 1. The predicted octanol–water partition coefficient (Wildman–Crippen LogP) is 1.58. The molecule has 1 saturated carbocycles. The Hall–Kier alpha value is -1.56. The number of rotatable bonds is 5. The third-order valence-corrected chi connectivity index (χ3v) is 6.19. The molecular formula is C17H24N2O3S. The van der Waals surface area contributed by atoms with Crippen molar-refractivity contribution in [1.29, 1.82) is 0 Å². The number of carbonyl (C=O) groups excluding carboxylic acids is 1. The first-order valence-electron chi connectivity index (χ1n) is 8.07. The summed E-state index contributed by atoms with van der Waals surface area (Å²) in [6.45, 7) is 0.889. The number of urea groups is 1. The highest BCUT2D eigenvalue weighted by atomic mass is 32.2. The van der Waals surface area contributed by atoms with Crippen molar-refractivity contribution < 1.29 is 13.2 Å². The number of amides is 2. The standard InChI is InChI=1S/C17H24N2O3S/c1-19(9-10-23(2,21)22)16(20)18-12-14-11-17(14)8-7-13-5-3-4-6-15(13)17/h3-6,14H,7-12H2,1-2H3,(H,18,20)/t14-,17-/m0/s1. The van der Waals surface area contributed by atoms with Gasteiger partial charge < -0.3 is 10.2 Å². The van der Waals surface area contributed by atoms with Crippen LogP contribution in [0.4, 0.5) is 4.79 Å². The van der Waals surface area contributed by atoms with Gasteiger partial charge in [0, 0.05) is 31.8 Å². The van der Waals surface area contributed by atoms with E-state index in [0.717, 1.165) is 12.8 Å². The fraction of sp³-hybridized carbons (Fsp3) is 0.588. The number of hydrogen-bond acceptors (Lipinski definition) is 3. The molecule has 0 aromatic heterocycles. The van der Waals surface area contributed by atoms with E-state index in [4.69, 9.17) is 0 Å². The van der Waals surface area contributed by atoms with Gasteiger partial charge in [-0.05, 0) is 36.3 Å². The summed E-state index contributed by atoms with van der Waals surface area (Å²) in [5.74, 6) is 0.496. The Kier molecular flexibility index (Phi) is 4.12. The van der Waals surface area contributed by atoms with Crippen LogP contribution in [-0.2, 0) is 21.7 Å². The molecule has 2 aliphatic rings. The molecule has 1 aromatic rings. The summed E-state index contributed by atoms with van der Waals surface area (Å²) in [5, 5.41) is 2.95. The fourth-order valence-electron chi connectivity index (χ4n) is 3.75. The Labute approximate surface area is 138 Å². The van der Waals surface area contributed by atoms with E-state index in [0.29, 0.717) is 12.5 Å². The highest BCUT2D eigenvalue weighted by Crippen LogP contribution is 2.61. The molecule has 1 N–H and O–H groups in total. The molecule has 1 fully saturated rings. The Morgan fingerprint density at radius 3 is 2.87 bits per heavy atom. The number of nitrogens with one attached hydrogen (secondary N) is 1. The third kappa shape index (κ3) is 3.37. The molecule has 0 saturated heterocycles. The summed E-state index contributed by atoms with van der Waals surface area (Å²) in [6, 6.07) is 8.42. The van der Waals surface area contributed by atoms with Crippen LogP contribution in [0, 0.1) is 5.92 Å².